The van der Waals surface area contributed by atoms with Crippen molar-refractivity contribution in [1.29, 1.82) is 0 Å². The van der Waals surface area contributed by atoms with Gasteiger partial charge in [0.05, 0.1) is 6.67 Å². The van der Waals surface area contributed by atoms with E-state index in [1.807, 2.05) is 18.2 Å². The highest BCUT2D eigenvalue weighted by molar-refractivity contribution is 5.85. The van der Waals surface area contributed by atoms with Gasteiger partial charge in [0.25, 0.3) is 0 Å². The summed E-state index contributed by atoms with van der Waals surface area (Å²) >= 11 is 0. The van der Waals surface area contributed by atoms with Gasteiger partial charge in [-0.25, -0.2) is 0 Å². The number of aryl methyl sites for hydroxylation is 1. The summed E-state index contributed by atoms with van der Waals surface area (Å²) in [6, 6.07) is 13.9. The number of rotatable bonds is 7. The van der Waals surface area contributed by atoms with Crippen LogP contribution < -0.4 is 4.74 Å². The number of fused-ring (bicyclic) bond motifs is 1. The fourth-order valence-electron chi connectivity index (χ4n) is 4.17. The first kappa shape index (κ1) is 19.8. The number of halogens is 1. The Balaban J connectivity index is 1.35. The van der Waals surface area contributed by atoms with Crippen LogP contribution >= 0.6 is 0 Å². The number of aromatic nitrogens is 1. The molecule has 2 atom stereocenters. The molecule has 0 amide bonds. The molecule has 3 aromatic rings. The van der Waals surface area contributed by atoms with E-state index in [4.69, 9.17) is 4.74 Å². The number of phenolic OH excluding ortho intramolecular Hbond substituents is 1. The van der Waals surface area contributed by atoms with Crippen LogP contribution in [0.1, 0.15) is 30.2 Å². The number of benzene rings is 2. The first-order valence-corrected chi connectivity index (χ1v) is 10.4. The Kier molecular flexibility index (Phi) is 5.76. The maximum absolute atomic E-state index is 12.8. The van der Waals surface area contributed by atoms with E-state index >= 15 is 0 Å². The molecule has 154 valence electrons. The number of alkyl halides is 1. The Hall–Kier alpha value is -2.53. The molecule has 2 heterocycles. The second-order valence-corrected chi connectivity index (χ2v) is 8.24. The topological polar surface area (TPSA) is 48.5 Å². The third-order valence-corrected chi connectivity index (χ3v) is 6.10. The van der Waals surface area contributed by atoms with Crippen LogP contribution in [0.5, 0.6) is 11.5 Å². The molecule has 0 spiro atoms. The van der Waals surface area contributed by atoms with Crippen LogP contribution in [-0.2, 0) is 6.42 Å². The molecule has 1 saturated heterocycles. The fraction of sp³-hybridized carbons (Fsp3) is 0.417. The third-order valence-electron chi connectivity index (χ3n) is 6.10. The van der Waals surface area contributed by atoms with Gasteiger partial charge < -0.3 is 14.8 Å². The zero-order valence-electron chi connectivity index (χ0n) is 17.1. The number of hydrogen-bond acceptors (Lipinski definition) is 3. The van der Waals surface area contributed by atoms with E-state index in [-0.39, 0.29) is 24.4 Å². The molecular weight excluding hydrogens is 367 g/mol. The molecule has 0 saturated carbocycles. The van der Waals surface area contributed by atoms with Gasteiger partial charge in [0.15, 0.2) is 0 Å². The summed E-state index contributed by atoms with van der Waals surface area (Å²) in [6.45, 7) is 6.41. The van der Waals surface area contributed by atoms with Crippen molar-refractivity contribution in [3.05, 3.63) is 59.3 Å². The lowest BCUT2D eigenvalue weighted by atomic mass is 10.1. The number of likely N-dealkylation sites (tertiary alicyclic amines) is 1. The number of H-pyrrole nitrogens is 1. The Labute approximate surface area is 171 Å². The lowest BCUT2D eigenvalue weighted by Gasteiger charge is -2.24. The van der Waals surface area contributed by atoms with Crippen molar-refractivity contribution >= 4 is 10.9 Å². The molecule has 1 aliphatic rings. The largest absolute Gasteiger partial charge is 0.508 e. The summed E-state index contributed by atoms with van der Waals surface area (Å²) < 4.78 is 18.8. The monoisotopic (exact) mass is 396 g/mol. The highest BCUT2D eigenvalue weighted by Gasteiger charge is 2.26. The molecule has 1 aromatic heterocycles. The Morgan fingerprint density at radius 2 is 2.03 bits per heavy atom. The summed E-state index contributed by atoms with van der Waals surface area (Å²) in [5, 5.41) is 10.8. The zero-order chi connectivity index (χ0) is 20.4. The van der Waals surface area contributed by atoms with Crippen LogP contribution in [0.25, 0.3) is 10.9 Å². The van der Waals surface area contributed by atoms with Crippen LogP contribution in [0.2, 0.25) is 0 Å². The van der Waals surface area contributed by atoms with E-state index in [1.54, 1.807) is 12.1 Å². The van der Waals surface area contributed by atoms with Crippen molar-refractivity contribution in [1.82, 2.24) is 9.88 Å². The van der Waals surface area contributed by atoms with E-state index in [2.05, 4.69) is 35.9 Å². The lowest BCUT2D eigenvalue weighted by Crippen LogP contribution is -2.35. The number of hydrogen-bond donors (Lipinski definition) is 2. The average Bonchev–Trinajstić information content (AvgIpc) is 3.33. The number of nitrogens with zero attached hydrogens (tertiary/aromatic N) is 1. The van der Waals surface area contributed by atoms with Gasteiger partial charge in [-0.15, -0.1) is 0 Å². The summed E-state index contributed by atoms with van der Waals surface area (Å²) in [4.78, 5) is 5.77. The highest BCUT2D eigenvalue weighted by Crippen LogP contribution is 2.27. The Morgan fingerprint density at radius 3 is 2.76 bits per heavy atom. The number of phenols is 1. The first-order valence-electron chi connectivity index (χ1n) is 10.4. The maximum Gasteiger partial charge on any atom is 0.119 e. The minimum atomic E-state index is -0.220. The molecule has 4 nitrogen and oxygen atoms in total. The quantitative estimate of drug-likeness (QED) is 0.601. The predicted molar refractivity (Wildman–Crippen MR) is 115 cm³/mol. The number of nitrogens with one attached hydrogen (secondary N) is 1. The Morgan fingerprint density at radius 1 is 1.24 bits per heavy atom. The van der Waals surface area contributed by atoms with E-state index in [9.17, 15) is 9.50 Å². The summed E-state index contributed by atoms with van der Waals surface area (Å²) in [5.74, 6) is 1.34. The minimum absolute atomic E-state index is 0.189. The van der Waals surface area contributed by atoms with Gasteiger partial charge in [0, 0.05) is 41.5 Å². The molecule has 4 rings (SSSR count). The summed E-state index contributed by atoms with van der Waals surface area (Å²) in [5.41, 5.74) is 4.57. The van der Waals surface area contributed by atoms with Crippen LogP contribution in [-0.4, -0.2) is 47.4 Å². The molecule has 0 bridgehead atoms. The summed E-state index contributed by atoms with van der Waals surface area (Å²) in [7, 11) is 0. The SMILES string of the molecule is Cc1c(Cc2ccc(OC[C@H](C)N3CC[C@@H](CF)C3)cc2)[nH]c2ccc(O)cc12. The van der Waals surface area contributed by atoms with Crippen molar-refractivity contribution in [2.45, 2.75) is 32.7 Å². The van der Waals surface area contributed by atoms with Crippen molar-refractivity contribution in [3.8, 4) is 11.5 Å². The molecule has 5 heteroatoms. The molecule has 29 heavy (non-hydrogen) atoms. The zero-order valence-corrected chi connectivity index (χ0v) is 17.1. The van der Waals surface area contributed by atoms with E-state index in [0.717, 1.165) is 48.3 Å². The molecular formula is C24H29FN2O2. The lowest BCUT2D eigenvalue weighted by molar-refractivity contribution is 0.165. The van der Waals surface area contributed by atoms with Crippen molar-refractivity contribution < 1.29 is 14.2 Å². The summed E-state index contributed by atoms with van der Waals surface area (Å²) in [6.07, 6.45) is 1.75. The van der Waals surface area contributed by atoms with Crippen LogP contribution in [0, 0.1) is 12.8 Å². The van der Waals surface area contributed by atoms with Crippen molar-refractivity contribution in [2.75, 3.05) is 26.4 Å². The number of ether oxygens (including phenoxy) is 1. The molecule has 1 fully saturated rings. The first-order chi connectivity index (χ1) is 14.0. The molecule has 2 aromatic carbocycles. The van der Waals surface area contributed by atoms with E-state index in [1.165, 1.54) is 11.1 Å². The highest BCUT2D eigenvalue weighted by atomic mass is 19.1. The van der Waals surface area contributed by atoms with Gasteiger partial charge in [-0.05, 0) is 68.3 Å². The van der Waals surface area contributed by atoms with Crippen molar-refractivity contribution in [2.24, 2.45) is 5.92 Å². The van der Waals surface area contributed by atoms with Crippen LogP contribution in [0.4, 0.5) is 4.39 Å². The smallest absolute Gasteiger partial charge is 0.119 e. The van der Waals surface area contributed by atoms with Crippen LogP contribution in [0.3, 0.4) is 0 Å². The van der Waals surface area contributed by atoms with Gasteiger partial charge in [0.1, 0.15) is 18.1 Å². The normalized spacial score (nSPS) is 18.4. The van der Waals surface area contributed by atoms with Gasteiger partial charge in [-0.2, -0.15) is 0 Å². The van der Waals surface area contributed by atoms with Crippen LogP contribution in [0.15, 0.2) is 42.5 Å². The van der Waals surface area contributed by atoms with Gasteiger partial charge in [0.2, 0.25) is 0 Å². The van der Waals surface area contributed by atoms with Gasteiger partial charge in [-0.1, -0.05) is 12.1 Å². The molecule has 0 aliphatic carbocycles. The Bertz CT molecular complexity index is 967. The third kappa shape index (κ3) is 4.40. The van der Waals surface area contributed by atoms with E-state index < -0.39 is 0 Å². The molecule has 1 aliphatic heterocycles. The fourth-order valence-corrected chi connectivity index (χ4v) is 4.17. The minimum Gasteiger partial charge on any atom is -0.508 e. The van der Waals surface area contributed by atoms with Crippen molar-refractivity contribution in [3.63, 3.8) is 0 Å². The van der Waals surface area contributed by atoms with Gasteiger partial charge in [-0.3, -0.25) is 9.29 Å². The maximum atomic E-state index is 12.8. The average molecular weight is 397 g/mol. The molecule has 2 N–H and O–H groups in total. The number of aromatic amines is 1. The van der Waals surface area contributed by atoms with E-state index in [0.29, 0.717) is 6.61 Å². The second kappa shape index (κ2) is 8.46. The predicted octanol–water partition coefficient (Wildman–Crippen LogP) is 4.83. The molecule has 0 unspecified atom stereocenters. The van der Waals surface area contributed by atoms with Gasteiger partial charge >= 0.3 is 0 Å². The number of aromatic hydroxyl groups is 1. The standard InChI is InChI=1S/C24H29FN2O2/c1-16(27-10-9-19(13-25)14-27)15-29-21-6-3-18(4-7-21)11-24-17(2)22-12-20(28)5-8-23(22)26-24/h3-8,12,16,19,26,28H,9-11,13-15H2,1-2H3/t16-,19-/m0/s1. The molecule has 0 radical (unpaired) electrons. The second-order valence-electron chi connectivity index (χ2n) is 8.24.